The molecule has 0 spiro atoms. The summed E-state index contributed by atoms with van der Waals surface area (Å²) in [4.78, 5) is 25.5. The molecule has 0 saturated heterocycles. The lowest BCUT2D eigenvalue weighted by molar-refractivity contribution is -0.141. The number of amides is 1. The van der Waals surface area contributed by atoms with Gasteiger partial charge in [0.1, 0.15) is 11.4 Å². The maximum atomic E-state index is 12.3. The van der Waals surface area contributed by atoms with Crippen molar-refractivity contribution in [2.75, 3.05) is 20.2 Å². The molecule has 0 aliphatic rings. The van der Waals surface area contributed by atoms with Gasteiger partial charge in [0.15, 0.2) is 0 Å². The fraction of sp³-hybridized carbons (Fsp3) is 0.636. The molecule has 0 aliphatic carbocycles. The number of esters is 1. The van der Waals surface area contributed by atoms with Crippen LogP contribution in [-0.4, -0.2) is 46.6 Å². The first-order valence-electron chi connectivity index (χ1n) is 5.81. The zero-order valence-electron chi connectivity index (χ0n) is 10.8. The van der Waals surface area contributed by atoms with Crippen LogP contribution in [0.3, 0.4) is 0 Å². The SMILES string of the molecule is CCCN(CC(=O)OC)C(=O)c1snnc1CC. The Hall–Kier alpha value is -1.50. The Morgan fingerprint density at radius 2 is 2.11 bits per heavy atom. The number of ether oxygens (including phenoxy) is 1. The van der Waals surface area contributed by atoms with E-state index >= 15 is 0 Å². The summed E-state index contributed by atoms with van der Waals surface area (Å²) in [6.45, 7) is 4.33. The van der Waals surface area contributed by atoms with Crippen LogP contribution in [0.15, 0.2) is 0 Å². The van der Waals surface area contributed by atoms with Gasteiger partial charge in [0.05, 0.1) is 12.8 Å². The molecule has 0 radical (unpaired) electrons. The Kier molecular flexibility index (Phi) is 5.70. The molecule has 0 aliphatic heterocycles. The minimum Gasteiger partial charge on any atom is -0.468 e. The van der Waals surface area contributed by atoms with Crippen LogP contribution in [0.4, 0.5) is 0 Å². The standard InChI is InChI=1S/C11H17N3O3S/c1-4-6-14(7-9(15)17-3)11(16)10-8(5-2)12-13-18-10/h4-7H2,1-3H3. The van der Waals surface area contributed by atoms with Crippen molar-refractivity contribution < 1.29 is 14.3 Å². The lowest BCUT2D eigenvalue weighted by Gasteiger charge is -2.19. The quantitative estimate of drug-likeness (QED) is 0.725. The third kappa shape index (κ3) is 3.49. The van der Waals surface area contributed by atoms with Crippen molar-refractivity contribution in [3.8, 4) is 0 Å². The molecule has 1 heterocycles. The first kappa shape index (κ1) is 14.6. The number of nitrogens with zero attached hydrogens (tertiary/aromatic N) is 3. The highest BCUT2D eigenvalue weighted by atomic mass is 32.1. The second kappa shape index (κ2) is 7.05. The molecular weight excluding hydrogens is 254 g/mol. The van der Waals surface area contributed by atoms with Crippen LogP contribution in [0.25, 0.3) is 0 Å². The molecular formula is C11H17N3O3S. The minimum atomic E-state index is -0.424. The van der Waals surface area contributed by atoms with Crippen molar-refractivity contribution in [2.24, 2.45) is 0 Å². The molecule has 1 amide bonds. The van der Waals surface area contributed by atoms with E-state index in [9.17, 15) is 9.59 Å². The molecule has 0 fully saturated rings. The van der Waals surface area contributed by atoms with Crippen molar-refractivity contribution in [3.63, 3.8) is 0 Å². The van der Waals surface area contributed by atoms with Crippen molar-refractivity contribution in [3.05, 3.63) is 10.6 Å². The van der Waals surface area contributed by atoms with Crippen molar-refractivity contribution >= 4 is 23.4 Å². The van der Waals surface area contributed by atoms with Crippen LogP contribution in [-0.2, 0) is 16.0 Å². The van der Waals surface area contributed by atoms with Crippen molar-refractivity contribution in [1.82, 2.24) is 14.5 Å². The zero-order valence-corrected chi connectivity index (χ0v) is 11.6. The van der Waals surface area contributed by atoms with Gasteiger partial charge >= 0.3 is 5.97 Å². The van der Waals surface area contributed by atoms with Crippen LogP contribution >= 0.6 is 11.5 Å². The molecule has 0 atom stereocenters. The number of aromatic nitrogens is 2. The van der Waals surface area contributed by atoms with E-state index in [0.29, 0.717) is 23.5 Å². The number of carbonyl (C=O) groups is 2. The summed E-state index contributed by atoms with van der Waals surface area (Å²) in [6.07, 6.45) is 1.42. The van der Waals surface area contributed by atoms with E-state index < -0.39 is 5.97 Å². The van der Waals surface area contributed by atoms with Crippen LogP contribution in [0, 0.1) is 0 Å². The van der Waals surface area contributed by atoms with Gasteiger partial charge in [-0.05, 0) is 24.4 Å². The average molecular weight is 271 g/mol. The van der Waals surface area contributed by atoms with Crippen LogP contribution in [0.5, 0.6) is 0 Å². The van der Waals surface area contributed by atoms with E-state index in [1.807, 2.05) is 13.8 Å². The Morgan fingerprint density at radius 1 is 1.39 bits per heavy atom. The molecule has 0 aromatic carbocycles. The minimum absolute atomic E-state index is 0.0375. The highest BCUT2D eigenvalue weighted by molar-refractivity contribution is 7.08. The first-order chi connectivity index (χ1) is 8.63. The fourth-order valence-electron chi connectivity index (χ4n) is 1.49. The molecule has 100 valence electrons. The van der Waals surface area contributed by atoms with Gasteiger partial charge in [-0.25, -0.2) is 0 Å². The van der Waals surface area contributed by atoms with Crippen LogP contribution in [0.2, 0.25) is 0 Å². The number of carbonyl (C=O) groups excluding carboxylic acids is 2. The highest BCUT2D eigenvalue weighted by Gasteiger charge is 2.23. The third-order valence-electron chi connectivity index (χ3n) is 2.41. The van der Waals surface area contributed by atoms with Gasteiger partial charge in [-0.3, -0.25) is 9.59 Å². The van der Waals surface area contributed by atoms with E-state index in [4.69, 9.17) is 0 Å². The number of aryl methyl sites for hydroxylation is 1. The van der Waals surface area contributed by atoms with E-state index in [2.05, 4.69) is 14.3 Å². The predicted octanol–water partition coefficient (Wildman–Crippen LogP) is 1.13. The summed E-state index contributed by atoms with van der Waals surface area (Å²) in [5.74, 6) is -0.624. The molecule has 1 rings (SSSR count). The number of hydrogen-bond donors (Lipinski definition) is 0. The zero-order chi connectivity index (χ0) is 13.5. The second-order valence-corrected chi connectivity index (χ2v) is 4.46. The fourth-order valence-corrected chi connectivity index (χ4v) is 2.21. The summed E-state index contributed by atoms with van der Waals surface area (Å²) in [5, 5.41) is 3.90. The third-order valence-corrected chi connectivity index (χ3v) is 3.17. The maximum Gasteiger partial charge on any atom is 0.325 e. The topological polar surface area (TPSA) is 72.4 Å². The van der Waals surface area contributed by atoms with Gasteiger partial charge in [0.25, 0.3) is 5.91 Å². The summed E-state index contributed by atoms with van der Waals surface area (Å²) >= 11 is 1.07. The largest absolute Gasteiger partial charge is 0.468 e. The molecule has 18 heavy (non-hydrogen) atoms. The molecule has 0 unspecified atom stereocenters. The molecule has 0 bridgehead atoms. The maximum absolute atomic E-state index is 12.3. The van der Waals surface area contributed by atoms with Gasteiger partial charge < -0.3 is 9.64 Å². The van der Waals surface area contributed by atoms with Crippen molar-refractivity contribution in [2.45, 2.75) is 26.7 Å². The number of methoxy groups -OCH3 is 1. The molecule has 1 aromatic rings. The van der Waals surface area contributed by atoms with Gasteiger partial charge in [-0.2, -0.15) is 0 Å². The normalized spacial score (nSPS) is 10.2. The Balaban J connectivity index is 2.85. The highest BCUT2D eigenvalue weighted by Crippen LogP contribution is 2.14. The molecule has 0 N–H and O–H groups in total. The monoisotopic (exact) mass is 271 g/mol. The Labute approximate surface area is 110 Å². The summed E-state index contributed by atoms with van der Waals surface area (Å²) < 4.78 is 8.37. The van der Waals surface area contributed by atoms with E-state index in [0.717, 1.165) is 18.0 Å². The van der Waals surface area contributed by atoms with Crippen molar-refractivity contribution in [1.29, 1.82) is 0 Å². The van der Waals surface area contributed by atoms with E-state index in [1.54, 1.807) is 0 Å². The lowest BCUT2D eigenvalue weighted by Crippen LogP contribution is -2.36. The predicted molar refractivity (Wildman–Crippen MR) is 67.5 cm³/mol. The second-order valence-electron chi connectivity index (χ2n) is 3.71. The van der Waals surface area contributed by atoms with E-state index in [1.165, 1.54) is 12.0 Å². The Bertz CT molecular complexity index is 419. The number of rotatable bonds is 6. The van der Waals surface area contributed by atoms with Crippen LogP contribution in [0.1, 0.15) is 35.6 Å². The molecule has 6 nitrogen and oxygen atoms in total. The van der Waals surface area contributed by atoms with E-state index in [-0.39, 0.29) is 12.5 Å². The lowest BCUT2D eigenvalue weighted by atomic mass is 10.2. The smallest absolute Gasteiger partial charge is 0.325 e. The molecule has 0 saturated carbocycles. The Morgan fingerprint density at radius 3 is 2.67 bits per heavy atom. The molecule has 7 heteroatoms. The first-order valence-corrected chi connectivity index (χ1v) is 6.58. The van der Waals surface area contributed by atoms with Gasteiger partial charge in [-0.1, -0.05) is 18.3 Å². The number of hydrogen-bond acceptors (Lipinski definition) is 6. The van der Waals surface area contributed by atoms with Gasteiger partial charge in [-0.15, -0.1) is 5.10 Å². The van der Waals surface area contributed by atoms with Crippen LogP contribution < -0.4 is 0 Å². The van der Waals surface area contributed by atoms with Gasteiger partial charge in [0, 0.05) is 6.54 Å². The average Bonchev–Trinajstić information content (AvgIpc) is 2.85. The summed E-state index contributed by atoms with van der Waals surface area (Å²) in [7, 11) is 1.31. The molecule has 1 aromatic heterocycles. The van der Waals surface area contributed by atoms with Gasteiger partial charge in [0.2, 0.25) is 0 Å². The summed E-state index contributed by atoms with van der Waals surface area (Å²) in [6, 6.07) is 0. The summed E-state index contributed by atoms with van der Waals surface area (Å²) in [5.41, 5.74) is 0.677.